The van der Waals surface area contributed by atoms with Gasteiger partial charge in [0, 0.05) is 22.0 Å². The number of para-hydroxylation sites is 3. The van der Waals surface area contributed by atoms with E-state index in [-0.39, 0.29) is 0 Å². The number of aryl methyl sites for hydroxylation is 1. The number of hydrogen-bond donors (Lipinski definition) is 2. The van der Waals surface area contributed by atoms with Crippen molar-refractivity contribution in [2.75, 3.05) is 5.32 Å². The summed E-state index contributed by atoms with van der Waals surface area (Å²) in [4.78, 5) is 8.71. The number of hydrogen-bond acceptors (Lipinski definition) is 2. The van der Waals surface area contributed by atoms with Gasteiger partial charge in [0.15, 0.2) is 0 Å². The molecule has 2 N–H and O–H groups in total. The SMILES string of the molecule is Cc1ccc(C2=Nc3ccccc3NC(c3c(-c4ccccc4)[nH]c4ccccc34)=C2)cc1. The highest BCUT2D eigenvalue weighted by Gasteiger charge is 2.20. The third kappa shape index (κ3) is 3.54. The van der Waals surface area contributed by atoms with Crippen molar-refractivity contribution in [3.8, 4) is 11.3 Å². The summed E-state index contributed by atoms with van der Waals surface area (Å²) in [5, 5.41) is 4.88. The van der Waals surface area contributed by atoms with Crippen LogP contribution in [0.3, 0.4) is 0 Å². The quantitative estimate of drug-likeness (QED) is 0.305. The van der Waals surface area contributed by atoms with Crippen LogP contribution in [0.15, 0.2) is 114 Å². The van der Waals surface area contributed by atoms with Crippen LogP contribution in [0.2, 0.25) is 0 Å². The minimum Gasteiger partial charge on any atom is -0.354 e. The van der Waals surface area contributed by atoms with E-state index in [1.165, 1.54) is 10.9 Å². The molecule has 5 aromatic rings. The molecule has 0 saturated heterocycles. The first kappa shape index (κ1) is 19.3. The summed E-state index contributed by atoms with van der Waals surface area (Å²) in [6.45, 7) is 2.11. The molecule has 0 bridgehead atoms. The van der Waals surface area contributed by atoms with Crippen LogP contribution < -0.4 is 5.32 Å². The van der Waals surface area contributed by atoms with Crippen LogP contribution in [0.25, 0.3) is 27.9 Å². The molecule has 1 aliphatic heterocycles. The highest BCUT2D eigenvalue weighted by atomic mass is 15.0. The molecular weight excluding hydrogens is 402 g/mol. The smallest absolute Gasteiger partial charge is 0.0871 e. The Morgan fingerprint density at radius 3 is 2.24 bits per heavy atom. The number of nitrogens with one attached hydrogen (secondary N) is 2. The summed E-state index contributed by atoms with van der Waals surface area (Å²) >= 11 is 0. The lowest BCUT2D eigenvalue weighted by Gasteiger charge is -2.13. The average molecular weight is 426 g/mol. The Kier molecular flexibility index (Phi) is 4.66. The summed E-state index contributed by atoms with van der Waals surface area (Å²) in [6, 6.07) is 35.7. The van der Waals surface area contributed by atoms with Crippen LogP contribution in [-0.2, 0) is 0 Å². The molecular formula is C30H23N3. The van der Waals surface area contributed by atoms with Gasteiger partial charge in [-0.1, -0.05) is 90.5 Å². The van der Waals surface area contributed by atoms with E-state index in [1.54, 1.807) is 0 Å². The molecule has 33 heavy (non-hydrogen) atoms. The first-order valence-corrected chi connectivity index (χ1v) is 11.2. The van der Waals surface area contributed by atoms with Gasteiger partial charge in [-0.05, 0) is 36.8 Å². The van der Waals surface area contributed by atoms with Crippen LogP contribution >= 0.6 is 0 Å². The standard InChI is InChI=1S/C30H23N3/c1-20-15-17-21(18-16-20)27-19-28(32-26-14-8-7-13-25(26)31-27)29-23-11-5-6-12-24(23)33-30(29)22-9-3-2-4-10-22/h2-19,32-33H,1H3. The molecule has 3 heteroatoms. The second-order valence-electron chi connectivity index (χ2n) is 8.35. The maximum atomic E-state index is 5.05. The molecule has 3 nitrogen and oxygen atoms in total. The molecule has 2 heterocycles. The van der Waals surface area contributed by atoms with Gasteiger partial charge in [-0.25, -0.2) is 4.99 Å². The Labute approximate surface area is 193 Å². The fourth-order valence-corrected chi connectivity index (χ4v) is 4.41. The molecule has 0 radical (unpaired) electrons. The van der Waals surface area contributed by atoms with Gasteiger partial charge in [-0.2, -0.15) is 0 Å². The molecule has 158 valence electrons. The van der Waals surface area contributed by atoms with Gasteiger partial charge < -0.3 is 10.3 Å². The normalized spacial score (nSPS) is 13.0. The van der Waals surface area contributed by atoms with E-state index in [0.29, 0.717) is 0 Å². The number of H-pyrrole nitrogens is 1. The number of anilines is 1. The van der Waals surface area contributed by atoms with Crippen molar-refractivity contribution >= 4 is 33.7 Å². The largest absolute Gasteiger partial charge is 0.354 e. The Morgan fingerprint density at radius 1 is 0.667 bits per heavy atom. The lowest BCUT2D eigenvalue weighted by molar-refractivity contribution is 1.43. The molecule has 0 unspecified atom stereocenters. The van der Waals surface area contributed by atoms with Gasteiger partial charge in [-0.15, -0.1) is 0 Å². The molecule has 0 spiro atoms. The van der Waals surface area contributed by atoms with Crippen molar-refractivity contribution < 1.29 is 0 Å². The Morgan fingerprint density at radius 2 is 1.39 bits per heavy atom. The summed E-state index contributed by atoms with van der Waals surface area (Å²) in [7, 11) is 0. The second kappa shape index (κ2) is 7.95. The fourth-order valence-electron chi connectivity index (χ4n) is 4.41. The number of fused-ring (bicyclic) bond motifs is 2. The van der Waals surface area contributed by atoms with Crippen molar-refractivity contribution in [1.29, 1.82) is 0 Å². The van der Waals surface area contributed by atoms with Crippen molar-refractivity contribution in [3.05, 3.63) is 126 Å². The van der Waals surface area contributed by atoms with Crippen molar-refractivity contribution in [2.45, 2.75) is 6.92 Å². The molecule has 0 amide bonds. The number of aromatic amines is 1. The topological polar surface area (TPSA) is 40.2 Å². The zero-order chi connectivity index (χ0) is 22.2. The van der Waals surface area contributed by atoms with Crippen molar-refractivity contribution in [3.63, 3.8) is 0 Å². The number of allylic oxidation sites excluding steroid dienone is 1. The summed E-state index contributed by atoms with van der Waals surface area (Å²) in [5.41, 5.74) is 10.7. The molecule has 6 rings (SSSR count). The monoisotopic (exact) mass is 425 g/mol. The van der Waals surface area contributed by atoms with E-state index in [1.807, 2.05) is 18.2 Å². The predicted octanol–water partition coefficient (Wildman–Crippen LogP) is 7.73. The Hall–Kier alpha value is -4.37. The molecule has 4 aromatic carbocycles. The van der Waals surface area contributed by atoms with E-state index in [9.17, 15) is 0 Å². The van der Waals surface area contributed by atoms with E-state index in [2.05, 4.69) is 108 Å². The van der Waals surface area contributed by atoms with Gasteiger partial charge in [0.2, 0.25) is 0 Å². The highest BCUT2D eigenvalue weighted by Crippen LogP contribution is 2.39. The van der Waals surface area contributed by atoms with E-state index < -0.39 is 0 Å². The first-order valence-electron chi connectivity index (χ1n) is 11.2. The Balaban J connectivity index is 1.62. The molecule has 0 fully saturated rings. The fraction of sp³-hybridized carbons (Fsp3) is 0.0333. The van der Waals surface area contributed by atoms with Crippen LogP contribution in [-0.4, -0.2) is 10.7 Å². The molecule has 1 aliphatic rings. The van der Waals surface area contributed by atoms with E-state index >= 15 is 0 Å². The summed E-state index contributed by atoms with van der Waals surface area (Å²) < 4.78 is 0. The minimum atomic E-state index is 0.931. The maximum absolute atomic E-state index is 5.05. The van der Waals surface area contributed by atoms with E-state index in [4.69, 9.17) is 4.99 Å². The summed E-state index contributed by atoms with van der Waals surface area (Å²) in [6.07, 6.45) is 2.17. The van der Waals surface area contributed by atoms with Crippen LogP contribution in [0.1, 0.15) is 16.7 Å². The maximum Gasteiger partial charge on any atom is 0.0871 e. The Bertz CT molecular complexity index is 1520. The number of benzene rings is 4. The van der Waals surface area contributed by atoms with Crippen LogP contribution in [0.5, 0.6) is 0 Å². The minimum absolute atomic E-state index is 0.931. The number of nitrogens with zero attached hydrogens (tertiary/aromatic N) is 1. The highest BCUT2D eigenvalue weighted by molar-refractivity contribution is 6.18. The molecule has 0 atom stereocenters. The second-order valence-corrected chi connectivity index (χ2v) is 8.35. The van der Waals surface area contributed by atoms with Gasteiger partial charge in [0.25, 0.3) is 0 Å². The number of aromatic nitrogens is 1. The third-order valence-electron chi connectivity index (χ3n) is 6.08. The lowest BCUT2D eigenvalue weighted by Crippen LogP contribution is -2.03. The zero-order valence-corrected chi connectivity index (χ0v) is 18.3. The van der Waals surface area contributed by atoms with Gasteiger partial charge in [-0.3, -0.25) is 0 Å². The molecule has 0 saturated carbocycles. The number of rotatable bonds is 3. The van der Waals surface area contributed by atoms with Gasteiger partial charge in [0.05, 0.1) is 28.5 Å². The van der Waals surface area contributed by atoms with Crippen LogP contribution in [0, 0.1) is 6.92 Å². The van der Waals surface area contributed by atoms with Crippen molar-refractivity contribution in [2.24, 2.45) is 4.99 Å². The predicted molar refractivity (Wildman–Crippen MR) is 139 cm³/mol. The third-order valence-corrected chi connectivity index (χ3v) is 6.08. The molecule has 1 aromatic heterocycles. The van der Waals surface area contributed by atoms with Gasteiger partial charge in [0.1, 0.15) is 0 Å². The summed E-state index contributed by atoms with van der Waals surface area (Å²) in [5.74, 6) is 0. The number of aliphatic imine (C=N–C) groups is 1. The average Bonchev–Trinajstić information content (AvgIpc) is 3.14. The first-order chi connectivity index (χ1) is 16.3. The van der Waals surface area contributed by atoms with Crippen LogP contribution in [0.4, 0.5) is 11.4 Å². The zero-order valence-electron chi connectivity index (χ0n) is 18.3. The van der Waals surface area contributed by atoms with Gasteiger partial charge >= 0.3 is 0 Å². The van der Waals surface area contributed by atoms with E-state index in [0.717, 1.165) is 50.7 Å². The van der Waals surface area contributed by atoms with Crippen molar-refractivity contribution in [1.82, 2.24) is 4.98 Å². The molecule has 0 aliphatic carbocycles. The lowest BCUT2D eigenvalue weighted by atomic mass is 10.00.